The second-order valence-corrected chi connectivity index (χ2v) is 7.02. The Bertz CT molecular complexity index is 732. The van der Waals surface area contributed by atoms with Crippen LogP contribution in [-0.2, 0) is 29.9 Å². The molecular formula is C22H22O4. The van der Waals surface area contributed by atoms with E-state index in [1.165, 1.54) is 0 Å². The summed E-state index contributed by atoms with van der Waals surface area (Å²) in [6.45, 7) is 0.792. The van der Waals surface area contributed by atoms with E-state index in [0.717, 1.165) is 24.0 Å². The smallest absolute Gasteiger partial charge is 0.318 e. The summed E-state index contributed by atoms with van der Waals surface area (Å²) in [7, 11) is 0. The molecule has 0 N–H and O–H groups in total. The monoisotopic (exact) mass is 350 g/mol. The molecular weight excluding hydrogens is 328 g/mol. The number of esters is 2. The number of carbonyl (C=O) groups is 2. The van der Waals surface area contributed by atoms with Crippen LogP contribution in [0.3, 0.4) is 0 Å². The molecule has 4 nitrogen and oxygen atoms in total. The molecule has 2 aliphatic heterocycles. The molecule has 2 aliphatic rings. The lowest BCUT2D eigenvalue weighted by Gasteiger charge is -2.50. The number of carbonyl (C=O) groups excluding carboxylic acids is 2. The quantitative estimate of drug-likeness (QED) is 0.795. The van der Waals surface area contributed by atoms with Gasteiger partial charge in [-0.1, -0.05) is 60.7 Å². The van der Waals surface area contributed by atoms with Gasteiger partial charge in [-0.2, -0.15) is 0 Å². The van der Waals surface area contributed by atoms with Crippen LogP contribution in [0, 0.1) is 0 Å². The highest BCUT2D eigenvalue weighted by atomic mass is 16.5. The van der Waals surface area contributed by atoms with E-state index >= 15 is 0 Å². The van der Waals surface area contributed by atoms with E-state index in [2.05, 4.69) is 0 Å². The van der Waals surface area contributed by atoms with Crippen molar-refractivity contribution in [3.63, 3.8) is 0 Å². The van der Waals surface area contributed by atoms with E-state index < -0.39 is 10.8 Å². The number of hydrogen-bond donors (Lipinski definition) is 0. The van der Waals surface area contributed by atoms with Crippen LogP contribution in [-0.4, -0.2) is 25.2 Å². The van der Waals surface area contributed by atoms with Crippen LogP contribution >= 0.6 is 0 Å². The summed E-state index contributed by atoms with van der Waals surface area (Å²) in [6, 6.07) is 19.2. The molecule has 2 heterocycles. The molecule has 0 amide bonds. The first-order chi connectivity index (χ1) is 12.7. The van der Waals surface area contributed by atoms with Crippen LogP contribution in [0.2, 0.25) is 0 Å². The van der Waals surface area contributed by atoms with E-state index in [1.54, 1.807) is 0 Å². The molecule has 0 spiro atoms. The van der Waals surface area contributed by atoms with Crippen LogP contribution < -0.4 is 0 Å². The van der Waals surface area contributed by atoms with Crippen LogP contribution in [0.25, 0.3) is 0 Å². The summed E-state index contributed by atoms with van der Waals surface area (Å²) in [5, 5.41) is 0. The second kappa shape index (κ2) is 6.60. The van der Waals surface area contributed by atoms with Gasteiger partial charge in [-0.05, 0) is 36.8 Å². The zero-order valence-corrected chi connectivity index (χ0v) is 14.6. The Morgan fingerprint density at radius 1 is 0.615 bits per heavy atom. The Morgan fingerprint density at radius 3 is 1.35 bits per heavy atom. The van der Waals surface area contributed by atoms with E-state index in [9.17, 15) is 9.59 Å². The summed E-state index contributed by atoms with van der Waals surface area (Å²) in [5.41, 5.74) is -0.476. The fourth-order valence-corrected chi connectivity index (χ4v) is 4.69. The SMILES string of the molecule is O=C1OCCC[C@@]1(c1ccccc1)[C@]1(c2ccccc2)CCCOC1=O. The van der Waals surface area contributed by atoms with E-state index in [0.29, 0.717) is 26.1 Å². The van der Waals surface area contributed by atoms with Gasteiger partial charge in [0.15, 0.2) is 0 Å². The molecule has 4 heteroatoms. The van der Waals surface area contributed by atoms with Crippen molar-refractivity contribution in [2.75, 3.05) is 13.2 Å². The van der Waals surface area contributed by atoms with Gasteiger partial charge in [-0.3, -0.25) is 9.59 Å². The third kappa shape index (κ3) is 2.28. The first kappa shape index (κ1) is 16.8. The van der Waals surface area contributed by atoms with Crippen molar-refractivity contribution >= 4 is 11.9 Å². The number of ether oxygens (including phenoxy) is 2. The van der Waals surface area contributed by atoms with Crippen LogP contribution in [0.5, 0.6) is 0 Å². The van der Waals surface area contributed by atoms with Gasteiger partial charge in [0.25, 0.3) is 0 Å². The van der Waals surface area contributed by atoms with E-state index in [1.807, 2.05) is 60.7 Å². The van der Waals surface area contributed by atoms with E-state index in [4.69, 9.17) is 9.47 Å². The highest BCUT2D eigenvalue weighted by Gasteiger charge is 2.65. The lowest BCUT2D eigenvalue weighted by atomic mass is 9.52. The highest BCUT2D eigenvalue weighted by molar-refractivity contribution is 5.98. The maximum absolute atomic E-state index is 13.3. The molecule has 0 radical (unpaired) electrons. The molecule has 0 aliphatic carbocycles. The number of rotatable bonds is 3. The normalized spacial score (nSPS) is 28.9. The Labute approximate surface area is 153 Å². The van der Waals surface area contributed by atoms with Crippen LogP contribution in [0.15, 0.2) is 60.7 Å². The Kier molecular flexibility index (Phi) is 4.27. The minimum atomic E-state index is -1.06. The first-order valence-electron chi connectivity index (χ1n) is 9.17. The van der Waals surface area contributed by atoms with Gasteiger partial charge in [0.2, 0.25) is 0 Å². The average molecular weight is 350 g/mol. The largest absolute Gasteiger partial charge is 0.465 e. The Hall–Kier alpha value is -2.62. The second-order valence-electron chi connectivity index (χ2n) is 7.02. The minimum Gasteiger partial charge on any atom is -0.465 e. The minimum absolute atomic E-state index is 0.322. The molecule has 4 rings (SSSR count). The van der Waals surface area contributed by atoms with Crippen molar-refractivity contribution in [1.82, 2.24) is 0 Å². The Morgan fingerprint density at radius 2 is 1.00 bits per heavy atom. The van der Waals surface area contributed by atoms with Gasteiger partial charge < -0.3 is 9.47 Å². The third-order valence-electron chi connectivity index (χ3n) is 5.82. The van der Waals surface area contributed by atoms with Crippen LogP contribution in [0.1, 0.15) is 36.8 Å². The maximum atomic E-state index is 13.3. The highest BCUT2D eigenvalue weighted by Crippen LogP contribution is 2.54. The summed E-state index contributed by atoms with van der Waals surface area (Å²) in [5.74, 6) is -0.643. The maximum Gasteiger partial charge on any atom is 0.318 e. The first-order valence-corrected chi connectivity index (χ1v) is 9.17. The van der Waals surface area contributed by atoms with Gasteiger partial charge in [-0.15, -0.1) is 0 Å². The molecule has 2 aromatic carbocycles. The molecule has 0 saturated carbocycles. The third-order valence-corrected chi connectivity index (χ3v) is 5.82. The van der Waals surface area contributed by atoms with Crippen molar-refractivity contribution in [3.05, 3.63) is 71.8 Å². The topological polar surface area (TPSA) is 52.6 Å². The van der Waals surface area contributed by atoms with Crippen molar-refractivity contribution in [3.8, 4) is 0 Å². The average Bonchev–Trinajstić information content (AvgIpc) is 2.70. The summed E-state index contributed by atoms with van der Waals surface area (Å²) in [4.78, 5) is 26.6. The van der Waals surface area contributed by atoms with Crippen molar-refractivity contribution in [1.29, 1.82) is 0 Å². The zero-order valence-electron chi connectivity index (χ0n) is 14.6. The van der Waals surface area contributed by atoms with Gasteiger partial charge in [0.05, 0.1) is 13.2 Å². The van der Waals surface area contributed by atoms with Crippen molar-refractivity contribution in [2.24, 2.45) is 0 Å². The zero-order chi connectivity index (χ0) is 18.0. The molecule has 2 atom stereocenters. The predicted octanol–water partition coefficient (Wildman–Crippen LogP) is 3.54. The molecule has 134 valence electrons. The van der Waals surface area contributed by atoms with Gasteiger partial charge in [-0.25, -0.2) is 0 Å². The van der Waals surface area contributed by atoms with Crippen molar-refractivity contribution < 1.29 is 19.1 Å². The van der Waals surface area contributed by atoms with Gasteiger partial charge in [0.1, 0.15) is 10.8 Å². The number of hydrogen-bond acceptors (Lipinski definition) is 4. The molecule has 26 heavy (non-hydrogen) atoms. The molecule has 0 aromatic heterocycles. The predicted molar refractivity (Wildman–Crippen MR) is 96.6 cm³/mol. The standard InChI is InChI=1S/C22H22O4/c23-19-21(13-7-15-25-19,17-9-3-1-4-10-17)22(14-8-16-26-20(22)24)18-11-5-2-6-12-18/h1-6,9-12H,7-8,13-16H2/t21-,22-/m0/s1. The summed E-state index contributed by atoms with van der Waals surface area (Å²) >= 11 is 0. The van der Waals surface area contributed by atoms with Gasteiger partial charge in [0, 0.05) is 0 Å². The molecule has 0 unspecified atom stereocenters. The lowest BCUT2D eigenvalue weighted by Crippen LogP contribution is -2.62. The molecule has 2 saturated heterocycles. The Balaban J connectivity index is 2.03. The van der Waals surface area contributed by atoms with Crippen LogP contribution in [0.4, 0.5) is 0 Å². The molecule has 0 bridgehead atoms. The van der Waals surface area contributed by atoms with Gasteiger partial charge >= 0.3 is 11.9 Å². The summed E-state index contributed by atoms with van der Waals surface area (Å²) in [6.07, 6.45) is 2.59. The molecule has 2 aromatic rings. The van der Waals surface area contributed by atoms with E-state index in [-0.39, 0.29) is 11.9 Å². The molecule has 2 fully saturated rings. The lowest BCUT2D eigenvalue weighted by molar-refractivity contribution is -0.175. The van der Waals surface area contributed by atoms with Crippen molar-refractivity contribution in [2.45, 2.75) is 36.5 Å². The number of benzene rings is 2. The number of cyclic esters (lactones) is 2. The fraction of sp³-hybridized carbons (Fsp3) is 0.364. The summed E-state index contributed by atoms with van der Waals surface area (Å²) < 4.78 is 11.1. The fourth-order valence-electron chi connectivity index (χ4n) is 4.69.